The number of anilines is 2. The summed E-state index contributed by atoms with van der Waals surface area (Å²) in [5.41, 5.74) is 1.08. The van der Waals surface area contributed by atoms with Crippen LogP contribution in [0.1, 0.15) is 12.5 Å². The molecule has 0 saturated carbocycles. The number of nitrogens with zero attached hydrogens (tertiary/aromatic N) is 2. The van der Waals surface area contributed by atoms with Crippen LogP contribution in [0.25, 0.3) is 6.08 Å². The van der Waals surface area contributed by atoms with Crippen LogP contribution in [0.4, 0.5) is 11.6 Å². The minimum Gasteiger partial charge on any atom is -0.449 e. The SMILES string of the molecule is CC(OC(=O)C=Cc1ccc(Cl)cc1)C(=O)Nc1ccc(S(=O)(=O)Nc2ncccn2)cc1. The van der Waals surface area contributed by atoms with Crippen molar-refractivity contribution >= 4 is 51.2 Å². The maximum absolute atomic E-state index is 12.4. The molecule has 1 aromatic heterocycles. The van der Waals surface area contributed by atoms with E-state index in [-0.39, 0.29) is 10.8 Å². The van der Waals surface area contributed by atoms with E-state index < -0.39 is 28.0 Å². The van der Waals surface area contributed by atoms with E-state index in [0.29, 0.717) is 10.7 Å². The van der Waals surface area contributed by atoms with Crippen molar-refractivity contribution in [1.82, 2.24) is 9.97 Å². The second-order valence-corrected chi connectivity index (χ2v) is 8.77. The molecule has 0 aliphatic carbocycles. The van der Waals surface area contributed by atoms with Crippen molar-refractivity contribution in [2.75, 3.05) is 10.0 Å². The largest absolute Gasteiger partial charge is 0.449 e. The predicted molar refractivity (Wildman–Crippen MR) is 124 cm³/mol. The number of benzene rings is 2. The van der Waals surface area contributed by atoms with E-state index >= 15 is 0 Å². The number of halogens is 1. The summed E-state index contributed by atoms with van der Waals surface area (Å²) in [6.45, 7) is 1.42. The van der Waals surface area contributed by atoms with Gasteiger partial charge in [-0.25, -0.2) is 27.9 Å². The van der Waals surface area contributed by atoms with Gasteiger partial charge < -0.3 is 10.1 Å². The predicted octanol–water partition coefficient (Wildman–Crippen LogP) is 3.51. The van der Waals surface area contributed by atoms with Crippen molar-refractivity contribution in [3.05, 3.63) is 83.7 Å². The fourth-order valence-electron chi connectivity index (χ4n) is 2.50. The Labute approximate surface area is 195 Å². The summed E-state index contributed by atoms with van der Waals surface area (Å²) in [4.78, 5) is 31.8. The van der Waals surface area contributed by atoms with Crippen LogP contribution in [0.5, 0.6) is 0 Å². The number of amides is 1. The lowest BCUT2D eigenvalue weighted by Crippen LogP contribution is -2.29. The summed E-state index contributed by atoms with van der Waals surface area (Å²) in [6, 6.07) is 13.8. The van der Waals surface area contributed by atoms with E-state index in [0.717, 1.165) is 5.56 Å². The van der Waals surface area contributed by atoms with Gasteiger partial charge in [-0.2, -0.15) is 0 Å². The maximum Gasteiger partial charge on any atom is 0.331 e. The van der Waals surface area contributed by atoms with Crippen LogP contribution >= 0.6 is 11.6 Å². The zero-order chi connectivity index (χ0) is 23.8. The lowest BCUT2D eigenvalue weighted by Gasteiger charge is -2.13. The highest BCUT2D eigenvalue weighted by atomic mass is 35.5. The van der Waals surface area contributed by atoms with Gasteiger partial charge in [0.2, 0.25) is 5.95 Å². The van der Waals surface area contributed by atoms with Gasteiger partial charge in [-0.3, -0.25) is 4.79 Å². The molecule has 0 fully saturated rings. The molecule has 1 atom stereocenters. The molecule has 1 amide bonds. The third-order valence-corrected chi connectivity index (χ3v) is 5.76. The van der Waals surface area contributed by atoms with Crippen LogP contribution in [0.3, 0.4) is 0 Å². The van der Waals surface area contributed by atoms with E-state index in [1.165, 1.54) is 55.7 Å². The van der Waals surface area contributed by atoms with Crippen molar-refractivity contribution in [3.63, 3.8) is 0 Å². The molecular formula is C22H19ClN4O5S. The molecule has 11 heteroatoms. The van der Waals surface area contributed by atoms with Crippen molar-refractivity contribution in [3.8, 4) is 0 Å². The smallest absolute Gasteiger partial charge is 0.331 e. The number of esters is 1. The van der Waals surface area contributed by atoms with Crippen LogP contribution in [-0.4, -0.2) is 36.4 Å². The molecule has 1 unspecified atom stereocenters. The Bertz CT molecular complexity index is 1250. The molecule has 2 N–H and O–H groups in total. The van der Waals surface area contributed by atoms with Crippen molar-refractivity contribution < 1.29 is 22.7 Å². The maximum atomic E-state index is 12.4. The first-order chi connectivity index (χ1) is 15.7. The summed E-state index contributed by atoms with van der Waals surface area (Å²) < 4.78 is 32.1. The average molecular weight is 487 g/mol. The zero-order valence-electron chi connectivity index (χ0n) is 17.3. The van der Waals surface area contributed by atoms with Gasteiger partial charge in [0.05, 0.1) is 4.90 Å². The molecule has 0 saturated heterocycles. The molecule has 0 aliphatic rings. The molecule has 9 nitrogen and oxygen atoms in total. The highest BCUT2D eigenvalue weighted by Gasteiger charge is 2.18. The van der Waals surface area contributed by atoms with Gasteiger partial charge in [0.1, 0.15) is 0 Å². The fourth-order valence-corrected chi connectivity index (χ4v) is 3.58. The van der Waals surface area contributed by atoms with Gasteiger partial charge >= 0.3 is 5.97 Å². The first-order valence-corrected chi connectivity index (χ1v) is 11.4. The van der Waals surface area contributed by atoms with Crippen LogP contribution < -0.4 is 10.0 Å². The number of rotatable bonds is 8. The summed E-state index contributed by atoms with van der Waals surface area (Å²) in [6.07, 6.45) is 4.48. The Morgan fingerprint density at radius 2 is 1.67 bits per heavy atom. The monoisotopic (exact) mass is 486 g/mol. The molecule has 1 heterocycles. The van der Waals surface area contributed by atoms with Crippen LogP contribution in [-0.2, 0) is 24.3 Å². The standard InChI is InChI=1S/C22H19ClN4O5S/c1-15(32-20(28)12-5-16-3-6-17(23)7-4-16)21(29)26-18-8-10-19(11-9-18)33(30,31)27-22-24-13-2-14-25-22/h2-15H,1H3,(H,26,29)(H,24,25,27). The van der Waals surface area contributed by atoms with E-state index in [1.807, 2.05) is 0 Å². The molecule has 0 spiro atoms. The number of carbonyl (C=O) groups excluding carboxylic acids is 2. The molecule has 33 heavy (non-hydrogen) atoms. The summed E-state index contributed by atoms with van der Waals surface area (Å²) in [5, 5.41) is 3.14. The van der Waals surface area contributed by atoms with Crippen molar-refractivity contribution in [2.24, 2.45) is 0 Å². The normalized spacial score (nSPS) is 12.2. The number of sulfonamides is 1. The zero-order valence-corrected chi connectivity index (χ0v) is 18.9. The Balaban J connectivity index is 1.55. The molecule has 3 rings (SSSR count). The molecule has 2 aromatic carbocycles. The first kappa shape index (κ1) is 23.9. The van der Waals surface area contributed by atoms with Crippen LogP contribution in [0.15, 0.2) is 78.0 Å². The molecule has 3 aromatic rings. The van der Waals surface area contributed by atoms with Gasteiger partial charge in [-0.15, -0.1) is 0 Å². The van der Waals surface area contributed by atoms with E-state index in [9.17, 15) is 18.0 Å². The highest BCUT2D eigenvalue weighted by molar-refractivity contribution is 7.92. The number of ether oxygens (including phenoxy) is 1. The minimum atomic E-state index is -3.89. The Morgan fingerprint density at radius 3 is 2.30 bits per heavy atom. The van der Waals surface area contributed by atoms with Gasteiger partial charge in [0.15, 0.2) is 6.10 Å². The van der Waals surface area contributed by atoms with Gasteiger partial charge in [0, 0.05) is 29.2 Å². The topological polar surface area (TPSA) is 127 Å². The molecule has 0 aliphatic heterocycles. The molecule has 170 valence electrons. The van der Waals surface area contributed by atoms with Crippen molar-refractivity contribution in [1.29, 1.82) is 0 Å². The summed E-state index contributed by atoms with van der Waals surface area (Å²) in [5.74, 6) is -1.33. The Hall–Kier alpha value is -3.76. The fraction of sp³-hybridized carbons (Fsp3) is 0.0909. The highest BCUT2D eigenvalue weighted by Crippen LogP contribution is 2.17. The van der Waals surface area contributed by atoms with E-state index in [4.69, 9.17) is 16.3 Å². The summed E-state index contributed by atoms with van der Waals surface area (Å²) in [7, 11) is -3.89. The number of nitrogens with one attached hydrogen (secondary N) is 2. The number of carbonyl (C=O) groups is 2. The van der Waals surface area contributed by atoms with Gasteiger partial charge in [-0.05, 0) is 61.0 Å². The average Bonchev–Trinajstić information content (AvgIpc) is 2.79. The minimum absolute atomic E-state index is 0.0419. The lowest BCUT2D eigenvalue weighted by atomic mass is 10.2. The third kappa shape index (κ3) is 7.13. The van der Waals surface area contributed by atoms with Crippen molar-refractivity contribution in [2.45, 2.75) is 17.9 Å². The molecular weight excluding hydrogens is 468 g/mol. The van der Waals surface area contributed by atoms with Gasteiger partial charge in [-0.1, -0.05) is 23.7 Å². The first-order valence-electron chi connectivity index (χ1n) is 9.58. The van der Waals surface area contributed by atoms with Crippen LogP contribution in [0.2, 0.25) is 5.02 Å². The van der Waals surface area contributed by atoms with Crippen LogP contribution in [0, 0.1) is 0 Å². The molecule has 0 radical (unpaired) electrons. The third-order valence-electron chi connectivity index (χ3n) is 4.17. The molecule has 0 bridgehead atoms. The Kier molecular flexibility index (Phi) is 7.75. The quantitative estimate of drug-likeness (QED) is 0.368. The lowest BCUT2D eigenvalue weighted by molar-refractivity contribution is -0.148. The second kappa shape index (κ2) is 10.7. The Morgan fingerprint density at radius 1 is 1.03 bits per heavy atom. The number of hydrogen-bond acceptors (Lipinski definition) is 7. The number of aromatic nitrogens is 2. The van der Waals surface area contributed by atoms with E-state index in [2.05, 4.69) is 20.0 Å². The second-order valence-electron chi connectivity index (χ2n) is 6.66. The van der Waals surface area contributed by atoms with Gasteiger partial charge in [0.25, 0.3) is 15.9 Å². The summed E-state index contributed by atoms with van der Waals surface area (Å²) >= 11 is 5.81. The number of hydrogen-bond donors (Lipinski definition) is 2. The van der Waals surface area contributed by atoms with E-state index in [1.54, 1.807) is 30.3 Å².